The Labute approximate surface area is 202 Å². The van der Waals surface area contributed by atoms with Crippen LogP contribution in [-0.4, -0.2) is 26.3 Å². The Morgan fingerprint density at radius 1 is 1.00 bits per heavy atom. The maximum atomic E-state index is 12.4. The molecule has 1 amide bonds. The van der Waals surface area contributed by atoms with Crippen molar-refractivity contribution in [2.75, 3.05) is 14.2 Å². The molecule has 0 atom stereocenters. The van der Waals surface area contributed by atoms with E-state index in [2.05, 4.69) is 49.0 Å². The van der Waals surface area contributed by atoms with Crippen molar-refractivity contribution in [3.05, 3.63) is 85.4 Å². The van der Waals surface area contributed by atoms with Gasteiger partial charge in [-0.2, -0.15) is 5.10 Å². The standard InChI is InChI=1S/C23H20BrIN2O4/c1-29-20-10-6-17(24)12-19(20)23(28)27-26-13-16-5-9-21(22(11-16)30-2)31-14-15-3-7-18(25)8-4-15/h3-13H,14H2,1-2H3,(H,27,28)/b26-13-. The van der Waals surface area contributed by atoms with Crippen molar-refractivity contribution in [1.82, 2.24) is 5.43 Å². The lowest BCUT2D eigenvalue weighted by Crippen LogP contribution is -2.18. The topological polar surface area (TPSA) is 69.2 Å². The van der Waals surface area contributed by atoms with E-state index in [1.807, 2.05) is 36.4 Å². The minimum atomic E-state index is -0.376. The zero-order valence-corrected chi connectivity index (χ0v) is 20.6. The van der Waals surface area contributed by atoms with E-state index in [4.69, 9.17) is 14.2 Å². The fraction of sp³-hybridized carbons (Fsp3) is 0.130. The monoisotopic (exact) mass is 594 g/mol. The first-order valence-corrected chi connectivity index (χ1v) is 11.1. The number of benzene rings is 3. The number of hydrogen-bond acceptors (Lipinski definition) is 5. The zero-order chi connectivity index (χ0) is 22.2. The quantitative estimate of drug-likeness (QED) is 0.215. The highest BCUT2D eigenvalue weighted by Gasteiger charge is 2.12. The number of nitrogens with one attached hydrogen (secondary N) is 1. The zero-order valence-electron chi connectivity index (χ0n) is 16.9. The van der Waals surface area contributed by atoms with Crippen LogP contribution in [-0.2, 0) is 6.61 Å². The van der Waals surface area contributed by atoms with E-state index >= 15 is 0 Å². The van der Waals surface area contributed by atoms with Gasteiger partial charge >= 0.3 is 0 Å². The molecule has 3 rings (SSSR count). The molecule has 3 aromatic rings. The molecule has 0 aliphatic rings. The van der Waals surface area contributed by atoms with Gasteiger partial charge < -0.3 is 14.2 Å². The average molecular weight is 595 g/mol. The SMILES string of the molecule is COc1cc(/C=N\NC(=O)c2cc(Br)ccc2OC)ccc1OCc1ccc(I)cc1. The highest BCUT2D eigenvalue weighted by atomic mass is 127. The minimum absolute atomic E-state index is 0.376. The largest absolute Gasteiger partial charge is 0.496 e. The molecule has 0 radical (unpaired) electrons. The summed E-state index contributed by atoms with van der Waals surface area (Å²) in [6.07, 6.45) is 1.54. The second-order valence-electron chi connectivity index (χ2n) is 6.37. The van der Waals surface area contributed by atoms with Gasteiger partial charge in [-0.15, -0.1) is 0 Å². The van der Waals surface area contributed by atoms with Crippen LogP contribution in [0.25, 0.3) is 0 Å². The normalized spacial score (nSPS) is 10.7. The summed E-state index contributed by atoms with van der Waals surface area (Å²) in [6.45, 7) is 0.436. The highest BCUT2D eigenvalue weighted by Crippen LogP contribution is 2.28. The molecular weight excluding hydrogens is 575 g/mol. The van der Waals surface area contributed by atoms with Gasteiger partial charge in [-0.3, -0.25) is 4.79 Å². The van der Waals surface area contributed by atoms with Crippen LogP contribution < -0.4 is 19.6 Å². The fourth-order valence-corrected chi connectivity index (χ4v) is 3.43. The number of carbonyl (C=O) groups is 1. The van der Waals surface area contributed by atoms with Gasteiger partial charge in [0.1, 0.15) is 12.4 Å². The number of ether oxygens (including phenoxy) is 3. The molecular formula is C23H20BrIN2O4. The summed E-state index contributed by atoms with van der Waals surface area (Å²) in [7, 11) is 3.09. The number of amides is 1. The van der Waals surface area contributed by atoms with Gasteiger partial charge in [0.05, 0.1) is 26.0 Å². The summed E-state index contributed by atoms with van der Waals surface area (Å²) >= 11 is 5.62. The van der Waals surface area contributed by atoms with Crippen LogP contribution in [0.1, 0.15) is 21.5 Å². The van der Waals surface area contributed by atoms with E-state index in [1.165, 1.54) is 16.9 Å². The molecule has 0 aliphatic heterocycles. The lowest BCUT2D eigenvalue weighted by atomic mass is 10.2. The molecule has 0 spiro atoms. The summed E-state index contributed by atoms with van der Waals surface area (Å²) in [6, 6.07) is 18.7. The van der Waals surface area contributed by atoms with Crippen molar-refractivity contribution in [2.45, 2.75) is 6.61 Å². The molecule has 0 aliphatic carbocycles. The summed E-state index contributed by atoms with van der Waals surface area (Å²) in [5, 5.41) is 4.04. The fourth-order valence-electron chi connectivity index (χ4n) is 2.71. The number of carbonyl (C=O) groups excluding carboxylic acids is 1. The van der Waals surface area contributed by atoms with Crippen molar-refractivity contribution < 1.29 is 19.0 Å². The Morgan fingerprint density at radius 2 is 1.71 bits per heavy atom. The second kappa shape index (κ2) is 11.1. The third-order valence-corrected chi connectivity index (χ3v) is 5.49. The van der Waals surface area contributed by atoms with Gasteiger partial charge in [0.15, 0.2) is 11.5 Å². The van der Waals surface area contributed by atoms with Crippen LogP contribution in [0.3, 0.4) is 0 Å². The van der Waals surface area contributed by atoms with Crippen LogP contribution in [0.2, 0.25) is 0 Å². The van der Waals surface area contributed by atoms with Crippen molar-refractivity contribution in [3.63, 3.8) is 0 Å². The van der Waals surface area contributed by atoms with Gasteiger partial charge in [0.25, 0.3) is 5.91 Å². The minimum Gasteiger partial charge on any atom is -0.496 e. The highest BCUT2D eigenvalue weighted by molar-refractivity contribution is 14.1. The predicted octanol–water partition coefficient (Wildman–Crippen LogP) is 5.41. The second-order valence-corrected chi connectivity index (χ2v) is 8.53. The van der Waals surface area contributed by atoms with Crippen LogP contribution in [0.5, 0.6) is 17.2 Å². The van der Waals surface area contributed by atoms with E-state index in [-0.39, 0.29) is 5.91 Å². The number of nitrogens with zero attached hydrogens (tertiary/aromatic N) is 1. The molecule has 31 heavy (non-hydrogen) atoms. The van der Waals surface area contributed by atoms with E-state index in [9.17, 15) is 4.79 Å². The van der Waals surface area contributed by atoms with Gasteiger partial charge in [-0.25, -0.2) is 5.43 Å². The maximum absolute atomic E-state index is 12.4. The molecule has 3 aromatic carbocycles. The summed E-state index contributed by atoms with van der Waals surface area (Å²) in [5.41, 5.74) is 4.71. The van der Waals surface area contributed by atoms with Crippen molar-refractivity contribution in [3.8, 4) is 17.2 Å². The van der Waals surface area contributed by atoms with Gasteiger partial charge in [0, 0.05) is 8.04 Å². The molecule has 8 heteroatoms. The summed E-state index contributed by atoms with van der Waals surface area (Å²) < 4.78 is 18.5. The summed E-state index contributed by atoms with van der Waals surface area (Å²) in [4.78, 5) is 12.4. The van der Waals surface area contributed by atoms with Crippen molar-refractivity contribution in [2.24, 2.45) is 5.10 Å². The van der Waals surface area contributed by atoms with E-state index in [1.54, 1.807) is 31.4 Å². The van der Waals surface area contributed by atoms with E-state index in [0.29, 0.717) is 29.4 Å². The maximum Gasteiger partial charge on any atom is 0.275 e. The number of hydrazone groups is 1. The number of methoxy groups -OCH3 is 2. The first-order valence-electron chi connectivity index (χ1n) is 9.22. The lowest BCUT2D eigenvalue weighted by molar-refractivity contribution is 0.0952. The number of halogens is 2. The van der Waals surface area contributed by atoms with Crippen LogP contribution in [0, 0.1) is 3.57 Å². The molecule has 0 bridgehead atoms. The first kappa shape index (κ1) is 23.1. The Kier molecular flexibility index (Phi) is 8.30. The van der Waals surface area contributed by atoms with Crippen molar-refractivity contribution >= 4 is 50.6 Å². The number of hydrogen-bond donors (Lipinski definition) is 1. The molecule has 0 unspecified atom stereocenters. The number of rotatable bonds is 8. The third-order valence-electron chi connectivity index (χ3n) is 4.28. The third kappa shape index (κ3) is 6.44. The molecule has 160 valence electrons. The van der Waals surface area contributed by atoms with Gasteiger partial charge in [-0.05, 0) is 82.2 Å². The molecule has 6 nitrogen and oxygen atoms in total. The predicted molar refractivity (Wildman–Crippen MR) is 132 cm³/mol. The summed E-state index contributed by atoms with van der Waals surface area (Å²) in [5.74, 6) is 1.29. The molecule has 1 N–H and O–H groups in total. The van der Waals surface area contributed by atoms with Crippen LogP contribution >= 0.6 is 38.5 Å². The molecule has 0 aromatic heterocycles. The first-order chi connectivity index (χ1) is 15.0. The van der Waals surface area contributed by atoms with Gasteiger partial charge in [0.2, 0.25) is 0 Å². The van der Waals surface area contributed by atoms with Crippen molar-refractivity contribution in [1.29, 1.82) is 0 Å². The molecule has 0 heterocycles. The Morgan fingerprint density at radius 3 is 2.42 bits per heavy atom. The Balaban J connectivity index is 1.65. The van der Waals surface area contributed by atoms with E-state index < -0.39 is 0 Å². The lowest BCUT2D eigenvalue weighted by Gasteiger charge is -2.11. The Hall–Kier alpha value is -2.59. The van der Waals surface area contributed by atoms with E-state index in [0.717, 1.165) is 15.6 Å². The molecule has 0 saturated heterocycles. The average Bonchev–Trinajstić information content (AvgIpc) is 2.79. The van der Waals surface area contributed by atoms with Crippen LogP contribution in [0.15, 0.2) is 70.2 Å². The van der Waals surface area contributed by atoms with Crippen LogP contribution in [0.4, 0.5) is 0 Å². The van der Waals surface area contributed by atoms with Gasteiger partial charge in [-0.1, -0.05) is 28.1 Å². The molecule has 0 saturated carbocycles. The molecule has 0 fully saturated rings. The Bertz CT molecular complexity index is 1090. The smallest absolute Gasteiger partial charge is 0.275 e.